The van der Waals surface area contributed by atoms with E-state index in [1.165, 1.54) is 0 Å². The van der Waals surface area contributed by atoms with Gasteiger partial charge in [-0.05, 0) is 32.1 Å². The van der Waals surface area contributed by atoms with Gasteiger partial charge in [0.2, 0.25) is 11.8 Å². The van der Waals surface area contributed by atoms with Crippen LogP contribution in [0.2, 0.25) is 0 Å². The molecule has 1 N–H and O–H groups in total. The van der Waals surface area contributed by atoms with E-state index in [-0.39, 0.29) is 18.4 Å². The second kappa shape index (κ2) is 5.26. The van der Waals surface area contributed by atoms with Gasteiger partial charge in [0.15, 0.2) is 0 Å². The smallest absolute Gasteiger partial charge is 0.248 e. The fraction of sp³-hybridized carbons (Fsp3) is 0.846. The van der Waals surface area contributed by atoms with E-state index in [0.717, 1.165) is 26.1 Å². The summed E-state index contributed by atoms with van der Waals surface area (Å²) in [7, 11) is 0. The Morgan fingerprint density at radius 3 is 2.89 bits per heavy atom. The summed E-state index contributed by atoms with van der Waals surface area (Å²) >= 11 is 0. The maximum atomic E-state index is 12.3. The third kappa shape index (κ3) is 2.66. The van der Waals surface area contributed by atoms with Crippen LogP contribution in [0.1, 0.15) is 33.1 Å². The molecular weight excluding hydrogens is 232 g/mol. The van der Waals surface area contributed by atoms with Crippen LogP contribution in [0.5, 0.6) is 0 Å². The zero-order valence-corrected chi connectivity index (χ0v) is 11.2. The lowest BCUT2D eigenvalue weighted by molar-refractivity contribution is -0.149. The van der Waals surface area contributed by atoms with Crippen LogP contribution in [0.25, 0.3) is 0 Å². The Hall–Kier alpha value is -1.10. The zero-order valence-electron chi connectivity index (χ0n) is 11.2. The number of ether oxygens (including phenoxy) is 1. The lowest BCUT2D eigenvalue weighted by Gasteiger charge is -2.39. The van der Waals surface area contributed by atoms with Gasteiger partial charge in [-0.1, -0.05) is 6.92 Å². The molecule has 2 unspecified atom stereocenters. The quantitative estimate of drug-likeness (QED) is 0.796. The average molecular weight is 254 g/mol. The summed E-state index contributed by atoms with van der Waals surface area (Å²) in [6.07, 6.45) is 2.62. The summed E-state index contributed by atoms with van der Waals surface area (Å²) in [5, 5.41) is 2.80. The molecule has 102 valence electrons. The first kappa shape index (κ1) is 13.3. The molecule has 0 saturated carbocycles. The lowest BCUT2D eigenvalue weighted by Crippen LogP contribution is -2.65. The molecule has 2 amide bonds. The van der Waals surface area contributed by atoms with Gasteiger partial charge in [-0.3, -0.25) is 9.59 Å². The van der Waals surface area contributed by atoms with E-state index < -0.39 is 5.54 Å². The minimum absolute atomic E-state index is 0.0449. The molecule has 2 aliphatic heterocycles. The lowest BCUT2D eigenvalue weighted by atomic mass is 9.93. The Bertz CT molecular complexity index is 339. The Balaban J connectivity index is 1.93. The van der Waals surface area contributed by atoms with Gasteiger partial charge in [-0.2, -0.15) is 0 Å². The van der Waals surface area contributed by atoms with Crippen molar-refractivity contribution in [1.29, 1.82) is 0 Å². The van der Waals surface area contributed by atoms with Crippen molar-refractivity contribution in [2.75, 3.05) is 26.3 Å². The molecule has 2 atom stereocenters. The van der Waals surface area contributed by atoms with E-state index in [1.807, 2.05) is 6.92 Å². The number of hydrogen-bond donors (Lipinski definition) is 1. The second-order valence-corrected chi connectivity index (χ2v) is 5.48. The molecule has 5 heteroatoms. The molecule has 0 radical (unpaired) electrons. The first-order chi connectivity index (χ1) is 8.55. The van der Waals surface area contributed by atoms with Crippen LogP contribution in [-0.4, -0.2) is 48.6 Å². The summed E-state index contributed by atoms with van der Waals surface area (Å²) in [6, 6.07) is 0. The Kier molecular flexibility index (Phi) is 3.90. The van der Waals surface area contributed by atoms with Gasteiger partial charge in [-0.25, -0.2) is 0 Å². The maximum absolute atomic E-state index is 12.3. The summed E-state index contributed by atoms with van der Waals surface area (Å²) in [5.74, 6) is 0.529. The standard InChI is InChI=1S/C13H22N2O3/c1-3-13(2)12(17)15(8-11(16)14-13)6-4-10-5-7-18-9-10/h10H,3-9H2,1-2H3,(H,14,16). The van der Waals surface area contributed by atoms with Gasteiger partial charge in [0.25, 0.3) is 0 Å². The maximum Gasteiger partial charge on any atom is 0.248 e. The zero-order chi connectivity index (χ0) is 13.2. The Morgan fingerprint density at radius 2 is 2.28 bits per heavy atom. The second-order valence-electron chi connectivity index (χ2n) is 5.48. The van der Waals surface area contributed by atoms with E-state index in [1.54, 1.807) is 11.8 Å². The third-order valence-corrected chi connectivity index (χ3v) is 4.05. The van der Waals surface area contributed by atoms with Gasteiger partial charge >= 0.3 is 0 Å². The van der Waals surface area contributed by atoms with Crippen LogP contribution in [0.3, 0.4) is 0 Å². The van der Waals surface area contributed by atoms with Crippen molar-refractivity contribution in [2.24, 2.45) is 5.92 Å². The van der Waals surface area contributed by atoms with Gasteiger partial charge in [0.1, 0.15) is 5.54 Å². The van der Waals surface area contributed by atoms with E-state index in [9.17, 15) is 9.59 Å². The van der Waals surface area contributed by atoms with Crippen molar-refractivity contribution in [2.45, 2.75) is 38.6 Å². The van der Waals surface area contributed by atoms with Crippen LogP contribution >= 0.6 is 0 Å². The predicted octanol–water partition coefficient (Wildman–Crippen LogP) is 0.540. The van der Waals surface area contributed by atoms with E-state index in [0.29, 0.717) is 18.9 Å². The number of piperazine rings is 1. The molecule has 0 bridgehead atoms. The predicted molar refractivity (Wildman–Crippen MR) is 67.0 cm³/mol. The summed E-state index contributed by atoms with van der Waals surface area (Å²) in [4.78, 5) is 25.7. The molecule has 2 saturated heterocycles. The van der Waals surface area contributed by atoms with Crippen LogP contribution in [-0.2, 0) is 14.3 Å². The molecule has 2 aliphatic rings. The third-order valence-electron chi connectivity index (χ3n) is 4.05. The molecule has 0 spiro atoms. The summed E-state index contributed by atoms with van der Waals surface area (Å²) in [6.45, 7) is 6.20. The molecular formula is C13H22N2O3. The number of nitrogens with one attached hydrogen (secondary N) is 1. The number of amides is 2. The minimum atomic E-state index is -0.721. The van der Waals surface area contributed by atoms with E-state index in [2.05, 4.69) is 5.32 Å². The molecule has 0 aromatic carbocycles. The average Bonchev–Trinajstić information content (AvgIpc) is 2.85. The first-order valence-corrected chi connectivity index (χ1v) is 6.73. The number of carbonyl (C=O) groups is 2. The summed E-state index contributed by atoms with van der Waals surface area (Å²) in [5.41, 5.74) is -0.721. The highest BCUT2D eigenvalue weighted by Crippen LogP contribution is 2.21. The van der Waals surface area contributed by atoms with Crippen molar-refractivity contribution in [1.82, 2.24) is 10.2 Å². The van der Waals surface area contributed by atoms with Gasteiger partial charge in [0, 0.05) is 19.8 Å². The first-order valence-electron chi connectivity index (χ1n) is 6.73. The molecule has 0 aromatic rings. The van der Waals surface area contributed by atoms with Crippen molar-refractivity contribution in [3.63, 3.8) is 0 Å². The van der Waals surface area contributed by atoms with E-state index in [4.69, 9.17) is 4.74 Å². The minimum Gasteiger partial charge on any atom is -0.381 e. The SMILES string of the molecule is CCC1(C)NC(=O)CN(CCC2CCOC2)C1=O. The fourth-order valence-electron chi connectivity index (χ4n) is 2.56. The van der Waals surface area contributed by atoms with Crippen LogP contribution < -0.4 is 5.32 Å². The molecule has 5 nitrogen and oxygen atoms in total. The van der Waals surface area contributed by atoms with Crippen molar-refractivity contribution < 1.29 is 14.3 Å². The van der Waals surface area contributed by atoms with Crippen molar-refractivity contribution >= 4 is 11.8 Å². The Morgan fingerprint density at radius 1 is 1.50 bits per heavy atom. The van der Waals surface area contributed by atoms with Crippen LogP contribution in [0.4, 0.5) is 0 Å². The molecule has 2 rings (SSSR count). The molecule has 18 heavy (non-hydrogen) atoms. The topological polar surface area (TPSA) is 58.6 Å². The molecule has 0 aliphatic carbocycles. The molecule has 2 heterocycles. The number of hydrogen-bond acceptors (Lipinski definition) is 3. The van der Waals surface area contributed by atoms with E-state index >= 15 is 0 Å². The number of carbonyl (C=O) groups excluding carboxylic acids is 2. The largest absolute Gasteiger partial charge is 0.381 e. The van der Waals surface area contributed by atoms with Crippen LogP contribution in [0, 0.1) is 5.92 Å². The highest BCUT2D eigenvalue weighted by atomic mass is 16.5. The monoisotopic (exact) mass is 254 g/mol. The van der Waals surface area contributed by atoms with Gasteiger partial charge in [0.05, 0.1) is 6.54 Å². The molecule has 0 aromatic heterocycles. The summed E-state index contributed by atoms with van der Waals surface area (Å²) < 4.78 is 5.32. The van der Waals surface area contributed by atoms with Crippen molar-refractivity contribution in [3.8, 4) is 0 Å². The number of nitrogens with zero attached hydrogens (tertiary/aromatic N) is 1. The van der Waals surface area contributed by atoms with Gasteiger partial charge < -0.3 is 15.0 Å². The van der Waals surface area contributed by atoms with Crippen molar-refractivity contribution in [3.05, 3.63) is 0 Å². The molecule has 2 fully saturated rings. The highest BCUT2D eigenvalue weighted by Gasteiger charge is 2.41. The Labute approximate surface area is 108 Å². The van der Waals surface area contributed by atoms with Crippen LogP contribution in [0.15, 0.2) is 0 Å². The fourth-order valence-corrected chi connectivity index (χ4v) is 2.56. The highest BCUT2D eigenvalue weighted by molar-refractivity contribution is 5.97. The van der Waals surface area contributed by atoms with Gasteiger partial charge in [-0.15, -0.1) is 0 Å². The normalized spacial score (nSPS) is 32.8. The number of rotatable bonds is 4.